The molecule has 2 aliphatic carbocycles. The van der Waals surface area contributed by atoms with Gasteiger partial charge in [0.05, 0.1) is 29.9 Å². The summed E-state index contributed by atoms with van der Waals surface area (Å²) >= 11 is 0. The van der Waals surface area contributed by atoms with Gasteiger partial charge in [-0.1, -0.05) is 60.7 Å². The maximum absolute atomic E-state index is 13.7. The van der Waals surface area contributed by atoms with Gasteiger partial charge in [0.25, 0.3) is 11.8 Å². The first-order chi connectivity index (χ1) is 27.1. The number of benzene rings is 2. The first kappa shape index (κ1) is 37.4. The van der Waals surface area contributed by atoms with E-state index in [1.807, 2.05) is 93.8 Å². The van der Waals surface area contributed by atoms with Crippen LogP contribution in [-0.2, 0) is 22.7 Å². The lowest BCUT2D eigenvalue weighted by Crippen LogP contribution is -2.56. The minimum Gasteiger partial charge on any atom is -0.470 e. The molecule has 10 rings (SSSR count). The largest absolute Gasteiger partial charge is 0.470 e. The van der Waals surface area contributed by atoms with E-state index in [1.54, 1.807) is 0 Å². The Bertz CT molecular complexity index is 2040. The molecule has 14 nitrogen and oxygen atoms in total. The normalized spacial score (nSPS) is 34.5. The molecule has 2 aromatic carbocycles. The van der Waals surface area contributed by atoms with E-state index < -0.39 is 17.3 Å². The molecule has 298 valence electrons. The molecule has 4 fully saturated rings. The van der Waals surface area contributed by atoms with E-state index in [-0.39, 0.29) is 72.8 Å². The first-order valence-electron chi connectivity index (χ1n) is 19.6. The van der Waals surface area contributed by atoms with Crippen LogP contribution in [0, 0.1) is 23.7 Å². The summed E-state index contributed by atoms with van der Waals surface area (Å²) < 4.78 is 35.8. The average Bonchev–Trinajstić information content (AvgIpc) is 4.06. The molecule has 6 heterocycles. The Morgan fingerprint density at radius 3 is 1.88 bits per heavy atom. The number of ether oxygens (including phenoxy) is 4. The fraction of sp³-hybridized carbons (Fsp3) is 0.548. The second kappa shape index (κ2) is 14.3. The van der Waals surface area contributed by atoms with Gasteiger partial charge in [-0.3, -0.25) is 14.6 Å². The standard InChI is InChI=1S/C21H26N2O5.C21H24N2O5/c2*1-23(2)17-15-9-14-8-13(10-24)21(15,27-14)19(25)16-18(17)28-22-20(16)26-11-12-6-4-3-5-7-12/h3-7,13-15,17,19,24-25H,8-11H2,1-2H3;3-7,13-15,17,24H,8-11H2,1-2H3/t13?,14-,15-,17-,19?,21+;13?,14-,15-,17-,21+/m00/s1. The highest BCUT2D eigenvalue weighted by atomic mass is 16.6. The molecule has 0 radical (unpaired) electrons. The maximum atomic E-state index is 13.7. The van der Waals surface area contributed by atoms with Crippen molar-refractivity contribution < 1.29 is 48.1 Å². The number of carbonyl (C=O) groups is 1. The number of Topliss-reactive ketones (excluding diaryl/α,β-unsaturated/α-hetero) is 1. The third-order valence-electron chi connectivity index (χ3n) is 13.2. The number of nitrogens with zero attached hydrogens (tertiary/aromatic N) is 4. The van der Waals surface area contributed by atoms with Crippen molar-refractivity contribution in [2.45, 2.75) is 80.5 Å². The maximum Gasteiger partial charge on any atom is 0.265 e. The van der Waals surface area contributed by atoms with Gasteiger partial charge < -0.3 is 43.3 Å². The van der Waals surface area contributed by atoms with Gasteiger partial charge in [-0.15, -0.1) is 0 Å². The summed E-state index contributed by atoms with van der Waals surface area (Å²) in [5.74, 6) is 1.19. The molecule has 0 saturated carbocycles. The minimum absolute atomic E-state index is 0.000738. The Morgan fingerprint density at radius 1 is 0.714 bits per heavy atom. The van der Waals surface area contributed by atoms with E-state index in [0.717, 1.165) is 30.4 Å². The molecule has 2 aromatic heterocycles. The molecule has 11 atom stereocenters. The smallest absolute Gasteiger partial charge is 0.265 e. The van der Waals surface area contributed by atoms with Crippen molar-refractivity contribution in [3.05, 3.63) is 94.4 Å². The van der Waals surface area contributed by atoms with Crippen molar-refractivity contribution in [3.63, 3.8) is 0 Å². The second-order valence-electron chi connectivity index (χ2n) is 16.6. The SMILES string of the molecule is CN(C)[C@@H]1c2onc(OCc3ccccc3)c2C(=O)[C@@]23O[C@@H](CC2CO)C[C@@H]13.CN(C)[C@@H]1c2onc(OCc3ccccc3)c2C(O)[C@@]23O[C@@H](CC2CO)C[C@@H]13. The van der Waals surface area contributed by atoms with Gasteiger partial charge in [0.15, 0.2) is 11.5 Å². The summed E-state index contributed by atoms with van der Waals surface area (Å²) in [6.07, 6.45) is 2.22. The highest BCUT2D eigenvalue weighted by Gasteiger charge is 2.71. The summed E-state index contributed by atoms with van der Waals surface area (Å²) in [5, 5.41) is 39.7. The zero-order valence-electron chi connectivity index (χ0n) is 32.1. The van der Waals surface area contributed by atoms with Crippen LogP contribution in [0.3, 0.4) is 0 Å². The van der Waals surface area contributed by atoms with Gasteiger partial charge >= 0.3 is 0 Å². The molecule has 4 saturated heterocycles. The number of fused-ring (bicyclic) bond motifs is 4. The zero-order chi connectivity index (χ0) is 38.9. The Hall–Kier alpha value is -4.15. The Labute approximate surface area is 325 Å². The van der Waals surface area contributed by atoms with Crippen LogP contribution in [0.25, 0.3) is 0 Å². The molecule has 4 bridgehead atoms. The minimum atomic E-state index is -1.02. The summed E-state index contributed by atoms with van der Waals surface area (Å²) in [5.41, 5.74) is 1.08. The molecular weight excluding hydrogens is 720 g/mol. The molecule has 56 heavy (non-hydrogen) atoms. The number of hydrogen-bond donors (Lipinski definition) is 3. The first-order valence-corrected chi connectivity index (χ1v) is 19.6. The van der Waals surface area contributed by atoms with E-state index in [0.29, 0.717) is 48.2 Å². The Morgan fingerprint density at radius 2 is 1.25 bits per heavy atom. The predicted molar refractivity (Wildman–Crippen MR) is 199 cm³/mol. The number of aliphatic hydroxyl groups excluding tert-OH is 3. The van der Waals surface area contributed by atoms with Crippen LogP contribution in [0.4, 0.5) is 0 Å². The highest BCUT2D eigenvalue weighted by molar-refractivity contribution is 6.07. The number of carbonyl (C=O) groups excluding carboxylic acids is 1. The van der Waals surface area contributed by atoms with Crippen molar-refractivity contribution in [2.24, 2.45) is 23.7 Å². The zero-order valence-corrected chi connectivity index (χ0v) is 32.1. The predicted octanol–water partition coefficient (Wildman–Crippen LogP) is 4.27. The van der Waals surface area contributed by atoms with Gasteiger partial charge in [0.1, 0.15) is 36.1 Å². The molecule has 3 N–H and O–H groups in total. The number of aliphatic hydroxyl groups is 3. The van der Waals surface area contributed by atoms with E-state index >= 15 is 0 Å². The van der Waals surface area contributed by atoms with Crippen LogP contribution >= 0.6 is 0 Å². The van der Waals surface area contributed by atoms with Gasteiger partial charge in [0, 0.05) is 36.9 Å². The monoisotopic (exact) mass is 770 g/mol. The average molecular weight is 771 g/mol. The lowest BCUT2D eigenvalue weighted by molar-refractivity contribution is -0.154. The number of rotatable bonds is 10. The number of aromatic nitrogens is 2. The summed E-state index contributed by atoms with van der Waals surface area (Å²) in [6.45, 7) is 0.552. The summed E-state index contributed by atoms with van der Waals surface area (Å²) in [4.78, 5) is 17.8. The van der Waals surface area contributed by atoms with Crippen LogP contribution in [0.2, 0.25) is 0 Å². The van der Waals surface area contributed by atoms with E-state index in [2.05, 4.69) is 15.2 Å². The lowest BCUT2D eigenvalue weighted by Gasteiger charge is -2.49. The van der Waals surface area contributed by atoms with Crippen LogP contribution in [0.1, 0.15) is 82.4 Å². The second-order valence-corrected chi connectivity index (χ2v) is 16.6. The summed E-state index contributed by atoms with van der Waals surface area (Å²) in [7, 11) is 7.91. The number of ketones is 1. The molecule has 4 aliphatic heterocycles. The van der Waals surface area contributed by atoms with E-state index in [9.17, 15) is 20.1 Å². The van der Waals surface area contributed by atoms with Crippen molar-refractivity contribution in [2.75, 3.05) is 41.4 Å². The molecule has 6 aliphatic rings. The lowest BCUT2D eigenvalue weighted by atomic mass is 9.61. The molecule has 3 unspecified atom stereocenters. The van der Waals surface area contributed by atoms with Crippen molar-refractivity contribution in [1.29, 1.82) is 0 Å². The molecule has 2 spiro atoms. The third-order valence-corrected chi connectivity index (χ3v) is 13.2. The quantitative estimate of drug-likeness (QED) is 0.209. The molecular formula is C42H50N4O10. The molecule has 14 heteroatoms. The highest BCUT2D eigenvalue weighted by Crippen LogP contribution is 2.65. The van der Waals surface area contributed by atoms with Crippen LogP contribution in [0.5, 0.6) is 11.8 Å². The Balaban J connectivity index is 0.000000146. The fourth-order valence-electron chi connectivity index (χ4n) is 11.0. The fourth-order valence-corrected chi connectivity index (χ4v) is 11.0. The molecule has 0 amide bonds. The van der Waals surface area contributed by atoms with Gasteiger partial charge in [-0.05, 0) is 75.3 Å². The van der Waals surface area contributed by atoms with E-state index in [4.69, 9.17) is 28.0 Å². The summed E-state index contributed by atoms with van der Waals surface area (Å²) in [6, 6.07) is 19.3. The van der Waals surface area contributed by atoms with Crippen LogP contribution < -0.4 is 9.47 Å². The van der Waals surface area contributed by atoms with Crippen molar-refractivity contribution in [1.82, 2.24) is 20.1 Å². The van der Waals surface area contributed by atoms with Crippen LogP contribution in [0.15, 0.2) is 69.7 Å². The van der Waals surface area contributed by atoms with E-state index in [1.165, 1.54) is 0 Å². The van der Waals surface area contributed by atoms with Gasteiger partial charge in [-0.2, -0.15) is 0 Å². The number of hydrogen-bond acceptors (Lipinski definition) is 14. The molecule has 4 aromatic rings. The van der Waals surface area contributed by atoms with Gasteiger partial charge in [-0.25, -0.2) is 0 Å². The van der Waals surface area contributed by atoms with Crippen molar-refractivity contribution >= 4 is 5.78 Å². The topological polar surface area (TPSA) is 173 Å². The van der Waals surface area contributed by atoms with Gasteiger partial charge in [0.2, 0.25) is 5.78 Å². The third kappa shape index (κ3) is 5.59. The van der Waals surface area contributed by atoms with Crippen LogP contribution in [-0.4, -0.2) is 106 Å². The Kier molecular flexibility index (Phi) is 9.59. The van der Waals surface area contributed by atoms with Crippen molar-refractivity contribution in [3.8, 4) is 11.8 Å².